The number of hydrogen-bond donors (Lipinski definition) is 2. The standard InChI is InChI=1S/C20H19N3O2/c24-19(22-10-4-7-15-5-2-1-3-6-15)18-13-17(14-23-20(18)25)16-8-11-21-12-9-16/h1-3,5-6,8-9,11-14H,4,7,10H2,(H,22,24)(H,23,25). The van der Waals surface area contributed by atoms with Crippen LogP contribution in [0.25, 0.3) is 11.1 Å². The first-order chi connectivity index (χ1) is 12.2. The molecule has 25 heavy (non-hydrogen) atoms. The first-order valence-corrected chi connectivity index (χ1v) is 8.19. The van der Waals surface area contributed by atoms with E-state index in [-0.39, 0.29) is 11.5 Å². The van der Waals surface area contributed by atoms with E-state index in [0.29, 0.717) is 6.54 Å². The molecular weight excluding hydrogens is 314 g/mol. The fraction of sp³-hybridized carbons (Fsp3) is 0.150. The Morgan fingerprint density at radius 2 is 1.80 bits per heavy atom. The maximum absolute atomic E-state index is 12.3. The van der Waals surface area contributed by atoms with Crippen LogP contribution in [0.1, 0.15) is 22.3 Å². The van der Waals surface area contributed by atoms with E-state index in [4.69, 9.17) is 0 Å². The van der Waals surface area contributed by atoms with Crippen molar-refractivity contribution >= 4 is 5.91 Å². The zero-order chi connectivity index (χ0) is 17.5. The molecule has 5 heteroatoms. The van der Waals surface area contributed by atoms with Crippen LogP contribution in [0.5, 0.6) is 0 Å². The molecule has 2 heterocycles. The number of rotatable bonds is 6. The molecule has 0 aliphatic carbocycles. The number of aryl methyl sites for hydroxylation is 1. The minimum atomic E-state index is -0.390. The summed E-state index contributed by atoms with van der Waals surface area (Å²) in [6.07, 6.45) is 6.64. The number of carbonyl (C=O) groups excluding carboxylic acids is 1. The van der Waals surface area contributed by atoms with E-state index in [1.165, 1.54) is 5.56 Å². The average Bonchev–Trinajstić information content (AvgIpc) is 2.67. The largest absolute Gasteiger partial charge is 0.352 e. The lowest BCUT2D eigenvalue weighted by Gasteiger charge is -2.07. The Hall–Kier alpha value is -3.21. The number of carbonyl (C=O) groups is 1. The quantitative estimate of drug-likeness (QED) is 0.681. The van der Waals surface area contributed by atoms with Crippen LogP contribution < -0.4 is 10.9 Å². The molecule has 1 aromatic carbocycles. The SMILES string of the molecule is O=C(NCCCc1ccccc1)c1cc(-c2ccncc2)c[nH]c1=O. The van der Waals surface area contributed by atoms with Crippen LogP contribution in [-0.2, 0) is 6.42 Å². The maximum Gasteiger partial charge on any atom is 0.260 e. The molecule has 0 unspecified atom stereocenters. The third kappa shape index (κ3) is 4.41. The Bertz CT molecular complexity index is 890. The Balaban J connectivity index is 1.63. The highest BCUT2D eigenvalue weighted by atomic mass is 16.2. The molecule has 2 N–H and O–H groups in total. The van der Waals surface area contributed by atoms with E-state index in [1.54, 1.807) is 24.7 Å². The van der Waals surface area contributed by atoms with Crippen LogP contribution in [0.3, 0.4) is 0 Å². The van der Waals surface area contributed by atoms with Gasteiger partial charge in [0.25, 0.3) is 11.5 Å². The van der Waals surface area contributed by atoms with Crippen LogP contribution in [0.2, 0.25) is 0 Å². The number of nitrogens with zero attached hydrogens (tertiary/aromatic N) is 1. The molecule has 2 aromatic heterocycles. The Kier molecular flexibility index (Phi) is 5.36. The van der Waals surface area contributed by atoms with E-state index >= 15 is 0 Å². The minimum absolute atomic E-state index is 0.119. The van der Waals surface area contributed by atoms with Crippen molar-refractivity contribution in [1.29, 1.82) is 0 Å². The van der Waals surface area contributed by atoms with E-state index in [1.807, 2.05) is 30.3 Å². The normalized spacial score (nSPS) is 10.4. The zero-order valence-electron chi connectivity index (χ0n) is 13.7. The van der Waals surface area contributed by atoms with Gasteiger partial charge in [-0.25, -0.2) is 0 Å². The highest BCUT2D eigenvalue weighted by Crippen LogP contribution is 2.16. The lowest BCUT2D eigenvalue weighted by Crippen LogP contribution is -2.30. The number of aromatic nitrogens is 2. The molecule has 3 aromatic rings. The number of H-pyrrole nitrogens is 1. The van der Waals surface area contributed by atoms with Gasteiger partial charge >= 0.3 is 0 Å². The lowest BCUT2D eigenvalue weighted by molar-refractivity contribution is 0.0951. The highest BCUT2D eigenvalue weighted by molar-refractivity contribution is 5.94. The Morgan fingerprint density at radius 3 is 2.56 bits per heavy atom. The molecule has 0 bridgehead atoms. The summed E-state index contributed by atoms with van der Waals surface area (Å²) in [5.74, 6) is -0.356. The van der Waals surface area contributed by atoms with Crippen molar-refractivity contribution in [2.45, 2.75) is 12.8 Å². The van der Waals surface area contributed by atoms with Crippen LogP contribution in [0, 0.1) is 0 Å². The zero-order valence-corrected chi connectivity index (χ0v) is 13.7. The van der Waals surface area contributed by atoms with Crippen molar-refractivity contribution in [3.05, 3.63) is 88.6 Å². The molecule has 0 aliphatic rings. The molecule has 0 atom stereocenters. The summed E-state index contributed by atoms with van der Waals surface area (Å²) < 4.78 is 0. The van der Waals surface area contributed by atoms with E-state index in [9.17, 15) is 9.59 Å². The van der Waals surface area contributed by atoms with Crippen molar-refractivity contribution in [3.63, 3.8) is 0 Å². The third-order valence-electron chi connectivity index (χ3n) is 3.93. The number of benzene rings is 1. The summed E-state index contributed by atoms with van der Waals surface area (Å²) in [7, 11) is 0. The van der Waals surface area contributed by atoms with Gasteiger partial charge in [0.05, 0.1) is 0 Å². The number of pyridine rings is 2. The van der Waals surface area contributed by atoms with Gasteiger partial charge in [-0.15, -0.1) is 0 Å². The molecule has 1 amide bonds. The summed E-state index contributed by atoms with van der Waals surface area (Å²) in [5, 5.41) is 2.82. The Morgan fingerprint density at radius 1 is 1.04 bits per heavy atom. The van der Waals surface area contributed by atoms with Crippen molar-refractivity contribution in [2.24, 2.45) is 0 Å². The van der Waals surface area contributed by atoms with Crippen LogP contribution >= 0.6 is 0 Å². The van der Waals surface area contributed by atoms with Crippen molar-refractivity contribution < 1.29 is 4.79 Å². The summed E-state index contributed by atoms with van der Waals surface area (Å²) in [4.78, 5) is 30.9. The number of amides is 1. The van der Waals surface area contributed by atoms with Gasteiger partial charge in [0, 0.05) is 25.1 Å². The summed E-state index contributed by atoms with van der Waals surface area (Å²) in [5.41, 5.74) is 2.63. The fourth-order valence-electron chi connectivity index (χ4n) is 2.60. The third-order valence-corrected chi connectivity index (χ3v) is 3.93. The molecule has 0 aliphatic heterocycles. The van der Waals surface area contributed by atoms with E-state index in [0.717, 1.165) is 24.0 Å². The first kappa shape index (κ1) is 16.6. The second-order valence-electron chi connectivity index (χ2n) is 5.71. The predicted octanol–water partition coefficient (Wildman–Crippen LogP) is 2.80. The smallest absolute Gasteiger partial charge is 0.260 e. The van der Waals surface area contributed by atoms with Crippen molar-refractivity contribution in [2.75, 3.05) is 6.54 Å². The number of nitrogens with one attached hydrogen (secondary N) is 2. The van der Waals surface area contributed by atoms with Gasteiger partial charge in [0.15, 0.2) is 0 Å². The van der Waals surface area contributed by atoms with Crippen molar-refractivity contribution in [1.82, 2.24) is 15.3 Å². The van der Waals surface area contributed by atoms with Gasteiger partial charge in [-0.1, -0.05) is 30.3 Å². The molecule has 126 valence electrons. The van der Waals surface area contributed by atoms with Gasteiger partial charge in [-0.05, 0) is 47.7 Å². The molecule has 5 nitrogen and oxygen atoms in total. The topological polar surface area (TPSA) is 74.8 Å². The number of aromatic amines is 1. The fourth-order valence-corrected chi connectivity index (χ4v) is 2.60. The van der Waals surface area contributed by atoms with Gasteiger partial charge in [0.2, 0.25) is 0 Å². The number of hydrogen-bond acceptors (Lipinski definition) is 3. The molecule has 0 saturated carbocycles. The predicted molar refractivity (Wildman–Crippen MR) is 97.4 cm³/mol. The molecular formula is C20H19N3O2. The average molecular weight is 333 g/mol. The van der Waals surface area contributed by atoms with E-state index < -0.39 is 5.56 Å². The first-order valence-electron chi connectivity index (χ1n) is 8.19. The van der Waals surface area contributed by atoms with E-state index in [2.05, 4.69) is 27.4 Å². The summed E-state index contributed by atoms with van der Waals surface area (Å²) >= 11 is 0. The maximum atomic E-state index is 12.3. The molecule has 0 spiro atoms. The van der Waals surface area contributed by atoms with Crippen LogP contribution in [0.15, 0.2) is 71.9 Å². The molecule has 0 saturated heterocycles. The van der Waals surface area contributed by atoms with Gasteiger partial charge in [0.1, 0.15) is 5.56 Å². The minimum Gasteiger partial charge on any atom is -0.352 e. The summed E-state index contributed by atoms with van der Waals surface area (Å²) in [6.45, 7) is 0.520. The van der Waals surface area contributed by atoms with Crippen molar-refractivity contribution in [3.8, 4) is 11.1 Å². The Labute approximate surface area is 145 Å². The molecule has 3 rings (SSSR count). The van der Waals surface area contributed by atoms with Gasteiger partial charge in [-0.3, -0.25) is 14.6 Å². The monoisotopic (exact) mass is 333 g/mol. The highest BCUT2D eigenvalue weighted by Gasteiger charge is 2.11. The van der Waals surface area contributed by atoms with Gasteiger partial charge < -0.3 is 10.3 Å². The molecule has 0 radical (unpaired) electrons. The second kappa shape index (κ2) is 8.06. The lowest BCUT2D eigenvalue weighted by atomic mass is 10.1. The summed E-state index contributed by atoms with van der Waals surface area (Å²) in [6, 6.07) is 15.4. The second-order valence-corrected chi connectivity index (χ2v) is 5.71. The van der Waals surface area contributed by atoms with Crippen LogP contribution in [0.4, 0.5) is 0 Å². The van der Waals surface area contributed by atoms with Crippen LogP contribution in [-0.4, -0.2) is 22.4 Å². The molecule has 0 fully saturated rings. The van der Waals surface area contributed by atoms with Gasteiger partial charge in [-0.2, -0.15) is 0 Å².